The molecule has 0 aliphatic carbocycles. The highest BCUT2D eigenvalue weighted by molar-refractivity contribution is 8.05. The third-order valence-electron chi connectivity index (χ3n) is 3.57. The largest absolute Gasteiger partial charge is 0.374 e. The summed E-state index contributed by atoms with van der Waals surface area (Å²) in [5, 5.41) is 14.4. The summed E-state index contributed by atoms with van der Waals surface area (Å²) in [6, 6.07) is 2.17. The van der Waals surface area contributed by atoms with Gasteiger partial charge in [-0.05, 0) is 42.6 Å². The van der Waals surface area contributed by atoms with Crippen molar-refractivity contribution < 1.29 is 0 Å². The Morgan fingerprint density at radius 1 is 1.45 bits per heavy atom. The zero-order valence-electron chi connectivity index (χ0n) is 18.5. The van der Waals surface area contributed by atoms with Crippen molar-refractivity contribution in [2.75, 3.05) is 13.1 Å². The van der Waals surface area contributed by atoms with Gasteiger partial charge in [-0.1, -0.05) is 51.2 Å². The van der Waals surface area contributed by atoms with Gasteiger partial charge in [-0.15, -0.1) is 24.6 Å². The molecule has 0 radical (unpaired) electrons. The zero-order valence-corrected chi connectivity index (χ0v) is 19.3. The Morgan fingerprint density at radius 2 is 2.10 bits per heavy atom. The fourth-order valence-electron chi connectivity index (χ4n) is 2.06. The molecular weight excluding hydrogens is 376 g/mol. The van der Waals surface area contributed by atoms with Crippen LogP contribution in [-0.2, 0) is 0 Å². The summed E-state index contributed by atoms with van der Waals surface area (Å²) in [5.41, 5.74) is 7.28. The van der Waals surface area contributed by atoms with Crippen LogP contribution in [0.2, 0.25) is 0 Å². The molecule has 0 aromatic carbocycles. The number of nitriles is 1. The topological polar surface area (TPSA) is 74.2 Å². The van der Waals surface area contributed by atoms with E-state index in [0.29, 0.717) is 6.42 Å². The van der Waals surface area contributed by atoms with Gasteiger partial charge in [0.15, 0.2) is 0 Å². The minimum Gasteiger partial charge on any atom is -0.374 e. The van der Waals surface area contributed by atoms with E-state index in [9.17, 15) is 0 Å². The molecule has 0 saturated carbocycles. The van der Waals surface area contributed by atoms with Gasteiger partial charge in [0, 0.05) is 25.6 Å². The van der Waals surface area contributed by atoms with Crippen LogP contribution >= 0.6 is 11.8 Å². The van der Waals surface area contributed by atoms with Gasteiger partial charge in [-0.2, -0.15) is 5.26 Å². The van der Waals surface area contributed by atoms with Crippen molar-refractivity contribution >= 4 is 17.6 Å². The van der Waals surface area contributed by atoms with E-state index in [4.69, 9.17) is 11.0 Å². The summed E-state index contributed by atoms with van der Waals surface area (Å²) in [4.78, 5) is 5.36. The van der Waals surface area contributed by atoms with Gasteiger partial charge in [-0.3, -0.25) is 4.99 Å². The minimum atomic E-state index is -0.117. The molecule has 1 aliphatic rings. The van der Waals surface area contributed by atoms with Gasteiger partial charge in [0.1, 0.15) is 0 Å². The number of aliphatic imine (C=N–C) groups is 1. The molecule has 0 saturated heterocycles. The Morgan fingerprint density at radius 3 is 2.62 bits per heavy atom. The molecule has 4 nitrogen and oxygen atoms in total. The first kappa shape index (κ1) is 29.0. The molecule has 1 heterocycles. The van der Waals surface area contributed by atoms with Crippen molar-refractivity contribution in [2.45, 2.75) is 59.4 Å². The third-order valence-corrected chi connectivity index (χ3v) is 4.67. The Labute approximate surface area is 183 Å². The number of nitrogens with two attached hydrogens (primary N) is 1. The second kappa shape index (κ2) is 20.5. The van der Waals surface area contributed by atoms with Crippen LogP contribution in [0.4, 0.5) is 0 Å². The van der Waals surface area contributed by atoms with Crippen molar-refractivity contribution in [3.05, 3.63) is 46.8 Å². The predicted molar refractivity (Wildman–Crippen MR) is 132 cm³/mol. The van der Waals surface area contributed by atoms with E-state index in [1.807, 2.05) is 43.6 Å². The maximum Gasteiger partial charge on any atom is 0.0982 e. The van der Waals surface area contributed by atoms with E-state index in [1.165, 1.54) is 6.42 Å². The number of hydrogen-bond acceptors (Lipinski definition) is 5. The number of allylic oxidation sites excluding steroid dienone is 5. The Kier molecular flexibility index (Phi) is 20.5. The van der Waals surface area contributed by atoms with Gasteiger partial charge in [0.2, 0.25) is 0 Å². The van der Waals surface area contributed by atoms with Gasteiger partial charge in [0.05, 0.1) is 17.8 Å². The molecule has 0 aromatic rings. The first-order chi connectivity index (χ1) is 14.0. The summed E-state index contributed by atoms with van der Waals surface area (Å²) in [6.45, 7) is 14.1. The molecule has 160 valence electrons. The molecule has 1 rings (SSSR count). The predicted octanol–water partition coefficient (Wildman–Crippen LogP) is 5.57. The maximum absolute atomic E-state index is 9.10. The van der Waals surface area contributed by atoms with Gasteiger partial charge >= 0.3 is 0 Å². The van der Waals surface area contributed by atoms with E-state index in [0.717, 1.165) is 42.2 Å². The van der Waals surface area contributed by atoms with Crippen LogP contribution in [-0.4, -0.2) is 25.0 Å². The van der Waals surface area contributed by atoms with E-state index < -0.39 is 0 Å². The summed E-state index contributed by atoms with van der Waals surface area (Å²) in [6.07, 6.45) is 19.7. The number of terminal acetylenes is 1. The first-order valence-electron chi connectivity index (χ1n) is 10.1. The second-order valence-corrected chi connectivity index (χ2v) is 7.47. The van der Waals surface area contributed by atoms with Crippen molar-refractivity contribution in [3.8, 4) is 18.9 Å². The van der Waals surface area contributed by atoms with Crippen molar-refractivity contribution in [1.29, 1.82) is 5.26 Å². The number of nitrogens with one attached hydrogen (secondary N) is 1. The number of rotatable bonds is 9. The molecule has 0 bridgehead atoms. The van der Waals surface area contributed by atoms with Crippen LogP contribution in [0.25, 0.3) is 0 Å². The fourth-order valence-corrected chi connectivity index (χ4v) is 2.73. The average molecular weight is 415 g/mol. The van der Waals surface area contributed by atoms with E-state index in [2.05, 4.69) is 49.7 Å². The summed E-state index contributed by atoms with van der Waals surface area (Å²) >= 11 is 1.55. The van der Waals surface area contributed by atoms with E-state index >= 15 is 0 Å². The van der Waals surface area contributed by atoms with Crippen LogP contribution in [0.3, 0.4) is 0 Å². The lowest BCUT2D eigenvalue weighted by atomic mass is 10.1. The smallest absolute Gasteiger partial charge is 0.0982 e. The number of nitrogens with zero attached hydrogens (tertiary/aromatic N) is 2. The van der Waals surface area contributed by atoms with E-state index in [-0.39, 0.29) is 12.0 Å². The quantitative estimate of drug-likeness (QED) is 0.294. The molecule has 5 heteroatoms. The standard InChI is InChI=1S/C19H28N4S.C3H8.C2H2/c1-4-5-7-17(13-20)9-8-15(2)14-24-16(3)18(21)12-19-22-10-6-11-23-19;1-3-2;1-2/h4-5,8-9,14,17-18H,3,6-7,10-12,21H2,1-2H3,(H,22,23);3H2,1-2H3;1-2H/b5-4-,9-8+,15-14+;;/t17?,18-;;/m0../s1. The molecule has 0 spiro atoms. The van der Waals surface area contributed by atoms with Gasteiger partial charge in [-0.25, -0.2) is 0 Å². The highest BCUT2D eigenvalue weighted by atomic mass is 32.2. The first-order valence-corrected chi connectivity index (χ1v) is 10.9. The lowest BCUT2D eigenvalue weighted by Crippen LogP contribution is -2.35. The van der Waals surface area contributed by atoms with Crippen molar-refractivity contribution in [3.63, 3.8) is 0 Å². The number of amidine groups is 1. The monoisotopic (exact) mass is 414 g/mol. The lowest BCUT2D eigenvalue weighted by Gasteiger charge is -2.19. The molecule has 2 atom stereocenters. The fraction of sp³-hybridized carbons (Fsp3) is 0.500. The second-order valence-electron chi connectivity index (χ2n) is 6.47. The molecule has 0 fully saturated rings. The molecule has 1 unspecified atom stereocenters. The van der Waals surface area contributed by atoms with Crippen LogP contribution in [0.1, 0.15) is 53.4 Å². The SMILES string of the molecule is C#C.C=C(S/C=C(C)/C=C/C(C#N)C/C=C\C)[C@@H](N)CC1=NCCCN1.CCC. The summed E-state index contributed by atoms with van der Waals surface area (Å²) in [7, 11) is 0. The van der Waals surface area contributed by atoms with Gasteiger partial charge in [0.25, 0.3) is 0 Å². The number of thioether (sulfide) groups is 1. The molecule has 0 aromatic heterocycles. The third kappa shape index (κ3) is 16.4. The molecule has 29 heavy (non-hydrogen) atoms. The summed E-state index contributed by atoms with van der Waals surface area (Å²) < 4.78 is 0. The molecular formula is C24H38N4S. The highest BCUT2D eigenvalue weighted by Crippen LogP contribution is 2.22. The maximum atomic E-state index is 9.10. The van der Waals surface area contributed by atoms with Crippen LogP contribution in [0.5, 0.6) is 0 Å². The van der Waals surface area contributed by atoms with Crippen LogP contribution in [0.15, 0.2) is 51.8 Å². The van der Waals surface area contributed by atoms with E-state index in [1.54, 1.807) is 11.8 Å². The van der Waals surface area contributed by atoms with Crippen molar-refractivity contribution in [1.82, 2.24) is 5.32 Å². The van der Waals surface area contributed by atoms with Crippen molar-refractivity contribution in [2.24, 2.45) is 16.6 Å². The van der Waals surface area contributed by atoms with Crippen LogP contribution < -0.4 is 11.1 Å². The molecule has 0 amide bonds. The highest BCUT2D eigenvalue weighted by Gasteiger charge is 2.12. The summed E-state index contributed by atoms with van der Waals surface area (Å²) in [5.74, 6) is 0.896. The Bertz CT molecular complexity index is 621. The molecule has 3 N–H and O–H groups in total. The Balaban J connectivity index is 0. The van der Waals surface area contributed by atoms with Crippen LogP contribution in [0, 0.1) is 30.1 Å². The average Bonchev–Trinajstić information content (AvgIpc) is 2.74. The van der Waals surface area contributed by atoms with Gasteiger partial charge < -0.3 is 11.1 Å². The number of hydrogen-bond donors (Lipinski definition) is 2. The zero-order chi connectivity index (χ0) is 22.5. The lowest BCUT2D eigenvalue weighted by molar-refractivity contribution is 0.707. The minimum absolute atomic E-state index is 0.0876. The molecule has 1 aliphatic heterocycles. The Hall–Kier alpha value is -2.21. The normalized spacial score (nSPS) is 15.7.